The van der Waals surface area contributed by atoms with Crippen LogP contribution in [0.3, 0.4) is 0 Å². The highest BCUT2D eigenvalue weighted by molar-refractivity contribution is 5.17. The summed E-state index contributed by atoms with van der Waals surface area (Å²) in [7, 11) is 0. The Balaban J connectivity index is 0. The zero-order chi connectivity index (χ0) is 7.40. The summed E-state index contributed by atoms with van der Waals surface area (Å²) in [6, 6.07) is 3.46. The number of hydrogen-bond acceptors (Lipinski definition) is 3. The lowest BCUT2D eigenvalue weighted by Gasteiger charge is -1.99. The number of rotatable bonds is 2. The van der Waals surface area contributed by atoms with Gasteiger partial charge in [0.05, 0.1) is 18.9 Å². The second-order valence-corrected chi connectivity index (χ2v) is 1.93. The molecule has 0 aromatic carbocycles. The number of aliphatic hydroxyl groups is 2. The highest BCUT2D eigenvalue weighted by Gasteiger charge is 1.97. The van der Waals surface area contributed by atoms with Gasteiger partial charge in [0.2, 0.25) is 0 Å². The lowest BCUT2D eigenvalue weighted by molar-refractivity contribution is -0.00000399. The molecule has 3 nitrogen and oxygen atoms in total. The largest absolute Gasteiger partial charge is 1.00 e. The third-order valence-electron chi connectivity index (χ3n) is 1.30. The summed E-state index contributed by atoms with van der Waals surface area (Å²) in [5.41, 5.74) is 1.23. The smallest absolute Gasteiger partial charge is 1.00 e. The monoisotopic (exact) mass is 175 g/mol. The molecular weight excluding hydrogens is 166 g/mol. The number of hydrogen-bond donors (Lipinski definition) is 2. The predicted octanol–water partition coefficient (Wildman–Crippen LogP) is -2.82. The Morgan fingerprint density at radius 3 is 2.55 bits per heavy atom. The molecule has 0 atom stereocenters. The summed E-state index contributed by atoms with van der Waals surface area (Å²) in [5.74, 6) is 0. The zero-order valence-electron chi connectivity index (χ0n) is 6.87. The standard InChI is InChI=1S/C7H9NO2.ClH/c9-4-6-2-1-3-8-7(6)5-10;/h1-3,9-10H,4-5H2;1H. The van der Waals surface area contributed by atoms with Crippen LogP contribution in [0.4, 0.5) is 0 Å². The molecule has 2 N–H and O–H groups in total. The molecule has 0 amide bonds. The molecule has 11 heavy (non-hydrogen) atoms. The van der Waals surface area contributed by atoms with Crippen LogP contribution in [0.5, 0.6) is 0 Å². The molecule has 0 radical (unpaired) electrons. The highest BCUT2D eigenvalue weighted by atomic mass is 35.5. The minimum absolute atomic E-state index is 0. The van der Waals surface area contributed by atoms with Gasteiger partial charge in [-0.25, -0.2) is 0 Å². The molecular formula is C7H10ClNO2. The molecule has 1 aromatic rings. The van der Waals surface area contributed by atoms with E-state index in [1.165, 1.54) is 0 Å². The fourth-order valence-corrected chi connectivity index (χ4v) is 0.758. The molecule has 0 bridgehead atoms. The van der Waals surface area contributed by atoms with Crippen LogP contribution in [-0.2, 0) is 13.2 Å². The molecule has 0 aliphatic heterocycles. The Morgan fingerprint density at radius 1 is 1.36 bits per heavy atom. The molecule has 0 unspecified atom stereocenters. The summed E-state index contributed by atoms with van der Waals surface area (Å²) < 4.78 is 0. The molecule has 0 saturated heterocycles. The lowest BCUT2D eigenvalue weighted by atomic mass is 10.2. The van der Waals surface area contributed by atoms with Crippen LogP contribution in [0, 0.1) is 0 Å². The van der Waals surface area contributed by atoms with Gasteiger partial charge < -0.3 is 22.6 Å². The van der Waals surface area contributed by atoms with Gasteiger partial charge in [0, 0.05) is 11.8 Å². The third-order valence-corrected chi connectivity index (χ3v) is 1.30. The average Bonchev–Trinajstić information content (AvgIpc) is 2.04. The maximum atomic E-state index is 8.70. The number of halogens is 1. The van der Waals surface area contributed by atoms with Crippen LogP contribution in [0.2, 0.25) is 0 Å². The van der Waals surface area contributed by atoms with Gasteiger partial charge in [0.1, 0.15) is 0 Å². The molecule has 0 saturated carbocycles. The summed E-state index contributed by atoms with van der Waals surface area (Å²) in [4.78, 5) is 3.86. The van der Waals surface area contributed by atoms with Crippen LogP contribution in [0.15, 0.2) is 18.3 Å². The van der Waals surface area contributed by atoms with Crippen molar-refractivity contribution in [1.29, 1.82) is 0 Å². The van der Waals surface area contributed by atoms with Crippen molar-refractivity contribution in [1.82, 2.24) is 4.98 Å². The number of aromatic nitrogens is 1. The number of aliphatic hydroxyl groups excluding tert-OH is 2. The lowest BCUT2D eigenvalue weighted by Crippen LogP contribution is -3.00. The molecule has 1 aromatic heterocycles. The zero-order valence-corrected chi connectivity index (χ0v) is 6.62. The molecule has 0 aliphatic carbocycles. The van der Waals surface area contributed by atoms with E-state index in [1.54, 1.807) is 18.3 Å². The van der Waals surface area contributed by atoms with E-state index in [4.69, 9.17) is 10.2 Å². The van der Waals surface area contributed by atoms with Crippen molar-refractivity contribution in [2.24, 2.45) is 0 Å². The van der Waals surface area contributed by atoms with Gasteiger partial charge in [-0.1, -0.05) is 6.07 Å². The van der Waals surface area contributed by atoms with Crippen LogP contribution >= 0.6 is 0 Å². The van der Waals surface area contributed by atoms with Crippen LogP contribution in [0.1, 0.15) is 12.7 Å². The summed E-state index contributed by atoms with van der Waals surface area (Å²) in [6.07, 6.45) is 1.59. The van der Waals surface area contributed by atoms with Gasteiger partial charge >= 0.3 is 1.43 Å². The quantitative estimate of drug-likeness (QED) is 0.510. The van der Waals surface area contributed by atoms with E-state index in [0.717, 1.165) is 0 Å². The second-order valence-electron chi connectivity index (χ2n) is 1.93. The van der Waals surface area contributed by atoms with Crippen molar-refractivity contribution in [3.63, 3.8) is 0 Å². The topological polar surface area (TPSA) is 53.4 Å². The fourth-order valence-electron chi connectivity index (χ4n) is 0.758. The van der Waals surface area contributed by atoms with Gasteiger partial charge in [-0.3, -0.25) is 4.98 Å². The molecule has 0 spiro atoms. The molecule has 0 aliphatic rings. The van der Waals surface area contributed by atoms with E-state index in [-0.39, 0.29) is 27.0 Å². The molecule has 0 fully saturated rings. The Morgan fingerprint density at radius 2 is 2.09 bits per heavy atom. The first-order valence-electron chi connectivity index (χ1n) is 3.03. The second kappa shape index (κ2) is 5.07. The molecule has 62 valence electrons. The van der Waals surface area contributed by atoms with Crippen molar-refractivity contribution in [2.75, 3.05) is 0 Å². The van der Waals surface area contributed by atoms with Gasteiger partial charge in [-0.05, 0) is 6.07 Å². The summed E-state index contributed by atoms with van der Waals surface area (Å²) >= 11 is 0. The van der Waals surface area contributed by atoms with Crippen molar-refractivity contribution < 1.29 is 24.0 Å². The first-order chi connectivity index (χ1) is 4.88. The molecule has 1 heterocycles. The Hall–Kier alpha value is -0.640. The van der Waals surface area contributed by atoms with E-state index < -0.39 is 0 Å². The van der Waals surface area contributed by atoms with Crippen molar-refractivity contribution in [2.45, 2.75) is 13.2 Å². The Bertz CT molecular complexity index is 199. The van der Waals surface area contributed by atoms with Crippen LogP contribution in [0.25, 0.3) is 0 Å². The number of nitrogens with zero attached hydrogens (tertiary/aromatic N) is 1. The van der Waals surface area contributed by atoms with Crippen LogP contribution < -0.4 is 12.4 Å². The van der Waals surface area contributed by atoms with E-state index in [9.17, 15) is 0 Å². The van der Waals surface area contributed by atoms with Crippen molar-refractivity contribution in [3.8, 4) is 0 Å². The first-order valence-corrected chi connectivity index (χ1v) is 3.03. The van der Waals surface area contributed by atoms with Crippen molar-refractivity contribution >= 4 is 0 Å². The Kier molecular flexibility index (Phi) is 4.77. The van der Waals surface area contributed by atoms with Gasteiger partial charge in [-0.15, -0.1) is 0 Å². The highest BCUT2D eigenvalue weighted by Crippen LogP contribution is 2.03. The normalized spacial score (nSPS) is 8.91. The van der Waals surface area contributed by atoms with Gasteiger partial charge in [-0.2, -0.15) is 0 Å². The molecule has 4 heteroatoms. The molecule has 1 rings (SSSR count). The van der Waals surface area contributed by atoms with E-state index >= 15 is 0 Å². The van der Waals surface area contributed by atoms with Crippen LogP contribution in [-0.4, -0.2) is 15.2 Å². The minimum atomic E-state index is -0.114. The van der Waals surface area contributed by atoms with E-state index in [2.05, 4.69) is 4.98 Å². The van der Waals surface area contributed by atoms with Gasteiger partial charge in [0.25, 0.3) is 0 Å². The fraction of sp³-hybridized carbons (Fsp3) is 0.286. The minimum Gasteiger partial charge on any atom is -1.00 e. The van der Waals surface area contributed by atoms with E-state index in [0.29, 0.717) is 11.3 Å². The summed E-state index contributed by atoms with van der Waals surface area (Å²) in [6.45, 7) is -0.180. The van der Waals surface area contributed by atoms with E-state index in [1.807, 2.05) is 0 Å². The average molecular weight is 176 g/mol. The van der Waals surface area contributed by atoms with Crippen molar-refractivity contribution in [3.05, 3.63) is 29.6 Å². The van der Waals surface area contributed by atoms with Gasteiger partial charge in [0.15, 0.2) is 0 Å². The summed E-state index contributed by atoms with van der Waals surface area (Å²) in [5, 5.41) is 17.4. The predicted molar refractivity (Wildman–Crippen MR) is 37.2 cm³/mol. The third kappa shape index (κ3) is 2.46. The number of pyridine rings is 1. The Labute approximate surface area is 72.6 Å². The maximum absolute atomic E-state index is 8.70. The SMILES string of the molecule is OCc1cccnc1CO.[Cl-].[H+]. The maximum Gasteiger partial charge on any atom is 1.00 e. The first kappa shape index (κ1) is 10.4.